The average Bonchev–Trinajstić information content (AvgIpc) is 3.44. The van der Waals surface area contributed by atoms with Crippen LogP contribution in [-0.2, 0) is 6.54 Å². The molecule has 2 aromatic heterocycles. The second-order valence-corrected chi connectivity index (χ2v) is 10.2. The highest BCUT2D eigenvalue weighted by atomic mass is 19.1. The van der Waals surface area contributed by atoms with Crippen molar-refractivity contribution in [2.24, 2.45) is 0 Å². The third-order valence-electron chi connectivity index (χ3n) is 8.11. The molecule has 0 bridgehead atoms. The second-order valence-electron chi connectivity index (χ2n) is 10.2. The molecule has 41 heavy (non-hydrogen) atoms. The maximum absolute atomic E-state index is 15.3. The molecule has 2 aromatic carbocycles. The Kier molecular flexibility index (Phi) is 6.90. The van der Waals surface area contributed by atoms with Crippen LogP contribution in [0.2, 0.25) is 0 Å². The van der Waals surface area contributed by atoms with E-state index in [9.17, 15) is 4.79 Å². The molecule has 0 saturated carbocycles. The van der Waals surface area contributed by atoms with Crippen molar-refractivity contribution in [2.45, 2.75) is 13.5 Å². The molecule has 2 aliphatic heterocycles. The summed E-state index contributed by atoms with van der Waals surface area (Å²) < 4.78 is 40.8. The van der Waals surface area contributed by atoms with E-state index in [0.717, 1.165) is 60.2 Å². The van der Waals surface area contributed by atoms with Crippen molar-refractivity contribution in [3.8, 4) is 22.6 Å². The van der Waals surface area contributed by atoms with Gasteiger partial charge in [-0.3, -0.25) is 9.80 Å². The normalized spacial score (nSPS) is 16.0. The Bertz CT molecular complexity index is 1590. The van der Waals surface area contributed by atoms with Crippen molar-refractivity contribution in [1.82, 2.24) is 14.9 Å². The van der Waals surface area contributed by atoms with Gasteiger partial charge in [-0.15, -0.1) is 0 Å². The second kappa shape index (κ2) is 10.5. The number of methoxy groups -OCH3 is 2. The summed E-state index contributed by atoms with van der Waals surface area (Å²) >= 11 is 0. The van der Waals surface area contributed by atoms with Crippen LogP contribution in [0.15, 0.2) is 42.7 Å². The van der Waals surface area contributed by atoms with Crippen molar-refractivity contribution < 1.29 is 23.0 Å². The van der Waals surface area contributed by atoms with Crippen LogP contribution >= 0.6 is 0 Å². The summed E-state index contributed by atoms with van der Waals surface area (Å²) in [6, 6.07) is 8.93. The molecule has 2 amide bonds. The molecule has 0 unspecified atom stereocenters. The van der Waals surface area contributed by atoms with E-state index in [1.807, 2.05) is 6.20 Å². The number of amides is 2. The van der Waals surface area contributed by atoms with E-state index in [2.05, 4.69) is 51.0 Å². The number of H-pyrrole nitrogens is 1. The van der Waals surface area contributed by atoms with Crippen LogP contribution in [0.1, 0.15) is 12.5 Å². The summed E-state index contributed by atoms with van der Waals surface area (Å²) in [6.45, 7) is 7.24. The fraction of sp³-hybridized carbons (Fsp3) is 0.333. The maximum atomic E-state index is 15.3. The van der Waals surface area contributed by atoms with Gasteiger partial charge in [0, 0.05) is 68.5 Å². The Morgan fingerprint density at radius 3 is 2.24 bits per heavy atom. The molecule has 1 fully saturated rings. The molecule has 0 atom stereocenters. The van der Waals surface area contributed by atoms with Gasteiger partial charge in [0.15, 0.2) is 23.1 Å². The minimum Gasteiger partial charge on any atom is -0.493 e. The van der Waals surface area contributed by atoms with E-state index >= 15 is 8.78 Å². The molecule has 11 heteroatoms. The van der Waals surface area contributed by atoms with Crippen LogP contribution in [0, 0.1) is 11.6 Å². The van der Waals surface area contributed by atoms with E-state index in [1.54, 1.807) is 13.2 Å². The smallest absolute Gasteiger partial charge is 0.329 e. The number of nitrogens with one attached hydrogen (secondary N) is 1. The predicted molar refractivity (Wildman–Crippen MR) is 155 cm³/mol. The van der Waals surface area contributed by atoms with Crippen LogP contribution in [0.3, 0.4) is 0 Å². The number of anilines is 3. The van der Waals surface area contributed by atoms with Gasteiger partial charge in [0.25, 0.3) is 0 Å². The van der Waals surface area contributed by atoms with E-state index in [-0.39, 0.29) is 18.0 Å². The first kappa shape index (κ1) is 26.8. The van der Waals surface area contributed by atoms with Gasteiger partial charge in [-0.05, 0) is 24.2 Å². The summed E-state index contributed by atoms with van der Waals surface area (Å²) in [4.78, 5) is 28.8. The van der Waals surface area contributed by atoms with Gasteiger partial charge in [-0.25, -0.2) is 18.6 Å². The van der Waals surface area contributed by atoms with Crippen molar-refractivity contribution in [3.63, 3.8) is 0 Å². The van der Waals surface area contributed by atoms with Crippen LogP contribution in [0.5, 0.6) is 11.5 Å². The van der Waals surface area contributed by atoms with Crippen LogP contribution in [-0.4, -0.2) is 74.9 Å². The Morgan fingerprint density at radius 2 is 1.63 bits per heavy atom. The number of benzene rings is 2. The number of pyridine rings is 1. The molecule has 0 aliphatic carbocycles. The lowest BCUT2D eigenvalue weighted by molar-refractivity contribution is 0.250. The number of aromatic amines is 1. The summed E-state index contributed by atoms with van der Waals surface area (Å²) in [7, 11) is 4.13. The third kappa shape index (κ3) is 4.40. The zero-order valence-corrected chi connectivity index (χ0v) is 23.5. The largest absolute Gasteiger partial charge is 0.493 e. The molecule has 6 rings (SSSR count). The number of hydrogen-bond donors (Lipinski definition) is 1. The predicted octanol–water partition coefficient (Wildman–Crippen LogP) is 5.24. The first-order chi connectivity index (χ1) is 19.9. The first-order valence-corrected chi connectivity index (χ1v) is 13.6. The molecule has 0 radical (unpaired) electrons. The topological polar surface area (TPSA) is 77.2 Å². The number of nitrogens with zero attached hydrogens (tertiary/aromatic N) is 5. The minimum absolute atomic E-state index is 0.0844. The van der Waals surface area contributed by atoms with Gasteiger partial charge in [-0.1, -0.05) is 19.1 Å². The maximum Gasteiger partial charge on any atom is 0.329 e. The molecule has 9 nitrogen and oxygen atoms in total. The zero-order valence-electron chi connectivity index (χ0n) is 23.5. The number of rotatable bonds is 6. The van der Waals surface area contributed by atoms with Crippen LogP contribution in [0.4, 0.5) is 30.6 Å². The van der Waals surface area contributed by atoms with Crippen LogP contribution < -0.4 is 24.2 Å². The Labute approximate surface area is 236 Å². The first-order valence-electron chi connectivity index (χ1n) is 13.6. The lowest BCUT2D eigenvalue weighted by Crippen LogP contribution is -2.46. The summed E-state index contributed by atoms with van der Waals surface area (Å²) in [5.74, 6) is -2.42. The molecule has 1 N–H and O–H groups in total. The third-order valence-corrected chi connectivity index (χ3v) is 8.11. The average molecular weight is 563 g/mol. The number of piperazine rings is 1. The number of carbonyl (C=O) groups is 1. The fourth-order valence-electron chi connectivity index (χ4n) is 5.82. The van der Waals surface area contributed by atoms with Gasteiger partial charge in [0.1, 0.15) is 11.3 Å². The zero-order chi connectivity index (χ0) is 28.8. The highest BCUT2D eigenvalue weighted by Gasteiger charge is 2.36. The van der Waals surface area contributed by atoms with Crippen LogP contribution in [0.25, 0.3) is 22.2 Å². The lowest BCUT2D eigenvalue weighted by atomic mass is 10.0. The fourth-order valence-corrected chi connectivity index (χ4v) is 5.82. The van der Waals surface area contributed by atoms with E-state index in [4.69, 9.17) is 9.47 Å². The Balaban J connectivity index is 1.38. The number of urea groups is 1. The minimum atomic E-state index is -0.983. The molecular formula is C30H32F2N6O3. The van der Waals surface area contributed by atoms with E-state index in [1.165, 1.54) is 24.8 Å². The highest BCUT2D eigenvalue weighted by molar-refractivity contribution is 6.14. The molecule has 0 spiro atoms. The van der Waals surface area contributed by atoms with Gasteiger partial charge in [0.2, 0.25) is 0 Å². The summed E-state index contributed by atoms with van der Waals surface area (Å²) in [5, 5.41) is 0.770. The number of carbonyl (C=O) groups excluding carboxylic acids is 1. The van der Waals surface area contributed by atoms with Gasteiger partial charge in [-0.2, -0.15) is 0 Å². The van der Waals surface area contributed by atoms with Gasteiger partial charge < -0.3 is 24.3 Å². The highest BCUT2D eigenvalue weighted by Crippen LogP contribution is 2.44. The number of likely N-dealkylation sites (N-methyl/N-ethyl adjacent to an activating group) is 1. The molecule has 2 aliphatic rings. The quantitative estimate of drug-likeness (QED) is 0.346. The standard InChI is InChI=1S/C30H32F2N6O3/c1-5-36-10-12-37(13-11-36)20-8-6-18(7-9-20)21-16-34-29-24(21)27-19(15-33-29)17-38(30(39)35(27)2)28-25(31)22(40-3)14-23(41-4)26(28)32/h6-9,14-16H,5,10-13,17H2,1-4H3,(H,33,34). The monoisotopic (exact) mass is 562 g/mol. The summed E-state index contributed by atoms with van der Waals surface area (Å²) in [6.07, 6.45) is 3.50. The summed E-state index contributed by atoms with van der Waals surface area (Å²) in [5.41, 5.74) is 4.40. The van der Waals surface area contributed by atoms with Gasteiger partial charge in [0.05, 0.1) is 31.8 Å². The number of hydrogen-bond acceptors (Lipinski definition) is 6. The van der Waals surface area contributed by atoms with E-state index in [0.29, 0.717) is 16.9 Å². The lowest BCUT2D eigenvalue weighted by Gasteiger charge is -2.36. The number of ether oxygens (including phenoxy) is 2. The van der Waals surface area contributed by atoms with Crippen molar-refractivity contribution in [3.05, 3.63) is 59.9 Å². The molecule has 4 aromatic rings. The Hall–Kier alpha value is -4.38. The van der Waals surface area contributed by atoms with Crippen molar-refractivity contribution >= 4 is 34.1 Å². The van der Waals surface area contributed by atoms with E-state index < -0.39 is 23.4 Å². The Morgan fingerprint density at radius 1 is 0.976 bits per heavy atom. The number of fused-ring (bicyclic) bond motifs is 3. The van der Waals surface area contributed by atoms with Crippen molar-refractivity contribution in [2.75, 3.05) is 68.7 Å². The molecule has 1 saturated heterocycles. The number of aromatic nitrogens is 2. The number of halogens is 2. The molecular weight excluding hydrogens is 530 g/mol. The molecule has 4 heterocycles. The van der Waals surface area contributed by atoms with Gasteiger partial charge >= 0.3 is 6.03 Å². The molecule has 214 valence electrons. The van der Waals surface area contributed by atoms with Crippen molar-refractivity contribution in [1.29, 1.82) is 0 Å². The SMILES string of the molecule is CCN1CCN(c2ccc(-c3c[nH]c4ncc5c(c34)N(C)C(=O)N(c3c(F)c(OC)cc(OC)c3F)C5)cc2)CC1.